The quantitative estimate of drug-likeness (QED) is 0.369. The molecule has 9 heteroatoms. The van der Waals surface area contributed by atoms with Gasteiger partial charge in [0, 0.05) is 17.7 Å². The maximum Gasteiger partial charge on any atom is 0.326 e. The van der Waals surface area contributed by atoms with Crippen LogP contribution in [0.1, 0.15) is 87.4 Å². The molecule has 3 aliphatic rings. The Balaban J connectivity index is 1.46. The van der Waals surface area contributed by atoms with Crippen LogP contribution in [-0.2, 0) is 10.0 Å². The number of carboxylic acids is 1. The van der Waals surface area contributed by atoms with Gasteiger partial charge in [-0.3, -0.25) is 4.79 Å². The molecule has 1 aromatic rings. The Kier molecular flexibility index (Phi) is 7.14. The summed E-state index contributed by atoms with van der Waals surface area (Å²) in [5.41, 5.74) is 5.25. The fraction of sp³-hybridized carbons (Fsp3) is 0.640. The third kappa shape index (κ3) is 4.63. The monoisotopic (exact) mass is 471 g/mol. The van der Waals surface area contributed by atoms with Crippen LogP contribution in [0.25, 0.3) is 0 Å². The molecular weight excluding hydrogens is 436 g/mol. The minimum Gasteiger partial charge on any atom is -0.480 e. The lowest BCUT2D eigenvalue weighted by atomic mass is 9.77. The van der Waals surface area contributed by atoms with Crippen molar-refractivity contribution in [1.82, 2.24) is 15.7 Å². The topological polar surface area (TPSA) is 145 Å². The zero-order valence-corrected chi connectivity index (χ0v) is 19.6. The van der Waals surface area contributed by atoms with E-state index in [2.05, 4.69) is 10.6 Å². The van der Waals surface area contributed by atoms with Crippen LogP contribution in [0.5, 0.6) is 0 Å². The summed E-state index contributed by atoms with van der Waals surface area (Å²) in [6.07, 6.45) is 9.43. The molecule has 2 spiro atoms. The van der Waals surface area contributed by atoms with Gasteiger partial charge in [-0.05, 0) is 44.2 Å². The Morgan fingerprint density at radius 3 is 2.26 bits per heavy atom. The Labute approximate surface area is 200 Å². The van der Waals surface area contributed by atoms with Crippen molar-refractivity contribution in [2.45, 2.75) is 100 Å². The predicted molar refractivity (Wildman–Crippen MR) is 125 cm³/mol. The molecule has 4 rings (SSSR count). The average molecular weight is 472 g/mol. The van der Waals surface area contributed by atoms with Gasteiger partial charge in [0.15, 0.2) is 5.78 Å². The Morgan fingerprint density at radius 1 is 1.03 bits per heavy atom. The van der Waals surface area contributed by atoms with Crippen molar-refractivity contribution in [3.05, 3.63) is 29.8 Å². The number of urea groups is 1. The summed E-state index contributed by atoms with van der Waals surface area (Å²) >= 11 is 0. The molecule has 2 unspecified atom stereocenters. The SMILES string of the molecule is Nc1ccccc1C(=O)CC(NC(=O)NC1CC2(CCCCC2)N([O])C12CCCCC2)C(=O)O. The van der Waals surface area contributed by atoms with Crippen molar-refractivity contribution in [2.24, 2.45) is 0 Å². The van der Waals surface area contributed by atoms with Crippen LogP contribution in [0.2, 0.25) is 0 Å². The van der Waals surface area contributed by atoms with Crippen LogP contribution in [0.4, 0.5) is 10.5 Å². The van der Waals surface area contributed by atoms with E-state index in [-0.39, 0.29) is 17.3 Å². The first-order valence-corrected chi connectivity index (χ1v) is 12.4. The fourth-order valence-corrected chi connectivity index (χ4v) is 6.39. The summed E-state index contributed by atoms with van der Waals surface area (Å²) < 4.78 is 0. The van der Waals surface area contributed by atoms with Crippen molar-refractivity contribution in [2.75, 3.05) is 5.73 Å². The minimum atomic E-state index is -1.40. The number of amides is 2. The van der Waals surface area contributed by atoms with Gasteiger partial charge in [-0.25, -0.2) is 9.59 Å². The average Bonchev–Trinajstić information content (AvgIpc) is 3.02. The van der Waals surface area contributed by atoms with E-state index in [1.165, 1.54) is 11.1 Å². The number of anilines is 1. The lowest BCUT2D eigenvalue weighted by Crippen LogP contribution is -2.60. The van der Waals surface area contributed by atoms with Gasteiger partial charge in [0.05, 0.1) is 17.1 Å². The maximum atomic E-state index is 13.7. The molecule has 2 saturated carbocycles. The number of Topliss-reactive ketones (excluding diaryl/α,β-unsaturated/α-hetero) is 1. The molecule has 2 atom stereocenters. The molecule has 0 bridgehead atoms. The first-order chi connectivity index (χ1) is 16.3. The summed E-state index contributed by atoms with van der Waals surface area (Å²) in [5, 5.41) is 30.1. The van der Waals surface area contributed by atoms with Crippen LogP contribution in [0, 0.1) is 0 Å². The minimum absolute atomic E-state index is 0.231. The summed E-state index contributed by atoms with van der Waals surface area (Å²) in [6.45, 7) is 0. The van der Waals surface area contributed by atoms with E-state index < -0.39 is 41.3 Å². The number of nitrogens with one attached hydrogen (secondary N) is 2. The van der Waals surface area contributed by atoms with Gasteiger partial charge >= 0.3 is 12.0 Å². The number of nitrogen functional groups attached to an aromatic ring is 1. The largest absolute Gasteiger partial charge is 0.480 e. The van der Waals surface area contributed by atoms with Crippen LogP contribution in [0.15, 0.2) is 24.3 Å². The van der Waals surface area contributed by atoms with Crippen LogP contribution in [-0.4, -0.2) is 51.1 Å². The number of rotatable bonds is 6. The number of carbonyl (C=O) groups is 3. The molecule has 9 nitrogen and oxygen atoms in total. The molecule has 2 aliphatic carbocycles. The number of aliphatic carboxylic acids is 1. The number of nitrogens with two attached hydrogens (primary N) is 1. The van der Waals surface area contributed by atoms with Crippen LogP contribution < -0.4 is 16.4 Å². The van der Waals surface area contributed by atoms with Crippen molar-refractivity contribution in [3.63, 3.8) is 0 Å². The molecule has 0 aromatic heterocycles. The first-order valence-electron chi connectivity index (χ1n) is 12.4. The van der Waals surface area contributed by atoms with E-state index in [1.54, 1.807) is 18.2 Å². The third-order valence-electron chi connectivity index (χ3n) is 8.13. The highest BCUT2D eigenvalue weighted by atomic mass is 16.5. The van der Waals surface area contributed by atoms with Crippen molar-refractivity contribution in [1.29, 1.82) is 0 Å². The second kappa shape index (κ2) is 9.92. The fourth-order valence-electron chi connectivity index (χ4n) is 6.39. The molecule has 1 heterocycles. The highest BCUT2D eigenvalue weighted by molar-refractivity contribution is 6.03. The second-order valence-electron chi connectivity index (χ2n) is 10.2. The zero-order chi connectivity index (χ0) is 24.3. The highest BCUT2D eigenvalue weighted by Crippen LogP contribution is 2.53. The maximum absolute atomic E-state index is 13.7. The smallest absolute Gasteiger partial charge is 0.326 e. The third-order valence-corrected chi connectivity index (χ3v) is 8.13. The summed E-state index contributed by atoms with van der Waals surface area (Å²) in [7, 11) is 0. The van der Waals surface area contributed by atoms with E-state index in [0.717, 1.165) is 64.2 Å². The van der Waals surface area contributed by atoms with Crippen molar-refractivity contribution < 1.29 is 24.7 Å². The molecule has 2 amide bonds. The summed E-state index contributed by atoms with van der Waals surface area (Å²) in [5.74, 6) is -1.76. The first kappa shape index (κ1) is 24.5. The van der Waals surface area contributed by atoms with Gasteiger partial charge in [0.25, 0.3) is 0 Å². The van der Waals surface area contributed by atoms with Crippen LogP contribution >= 0.6 is 0 Å². The molecule has 1 radical (unpaired) electrons. The number of para-hydroxylation sites is 1. The van der Waals surface area contributed by atoms with Gasteiger partial charge in [0.1, 0.15) is 6.04 Å². The number of carbonyl (C=O) groups excluding carboxylic acids is 2. The molecule has 1 aliphatic heterocycles. The normalized spacial score (nSPS) is 24.6. The van der Waals surface area contributed by atoms with Crippen molar-refractivity contribution in [3.8, 4) is 0 Å². The number of benzene rings is 1. The van der Waals surface area contributed by atoms with Gasteiger partial charge in [0.2, 0.25) is 0 Å². The van der Waals surface area contributed by atoms with Gasteiger partial charge in [-0.2, -0.15) is 0 Å². The van der Waals surface area contributed by atoms with E-state index >= 15 is 0 Å². The highest BCUT2D eigenvalue weighted by Gasteiger charge is 2.61. The number of hydrogen-bond donors (Lipinski definition) is 4. The Morgan fingerprint density at radius 2 is 1.65 bits per heavy atom. The van der Waals surface area contributed by atoms with Crippen molar-refractivity contribution >= 4 is 23.5 Å². The molecule has 5 N–H and O–H groups in total. The molecule has 1 aromatic carbocycles. The predicted octanol–water partition coefficient (Wildman–Crippen LogP) is 3.42. The van der Waals surface area contributed by atoms with E-state index in [0.29, 0.717) is 6.42 Å². The zero-order valence-electron chi connectivity index (χ0n) is 19.6. The number of hydrogen-bond acceptors (Lipinski definition) is 5. The number of carboxylic acid groups (broad SMARTS) is 1. The summed E-state index contributed by atoms with van der Waals surface area (Å²) in [6, 6.07) is 4.04. The van der Waals surface area contributed by atoms with E-state index in [1.807, 2.05) is 0 Å². The Bertz CT molecular complexity index is 924. The van der Waals surface area contributed by atoms with E-state index in [4.69, 9.17) is 5.73 Å². The summed E-state index contributed by atoms with van der Waals surface area (Å²) in [4.78, 5) is 37.4. The van der Waals surface area contributed by atoms with Crippen LogP contribution in [0.3, 0.4) is 0 Å². The molecule has 1 saturated heterocycles. The van der Waals surface area contributed by atoms with Gasteiger partial charge in [-0.1, -0.05) is 50.7 Å². The Hall–Kier alpha value is -2.65. The molecule has 185 valence electrons. The standard InChI is InChI=1S/C25H35N4O5/c26-18-10-4-3-9-17(18)20(30)15-19(22(31)32)27-23(33)28-21-16-24(11-5-1-6-12-24)29(34)25(21)13-7-2-8-14-25/h3-4,9-10,19,21H,1-2,5-8,11-16,26H2,(H,31,32)(H2,27,28,33). The second-order valence-corrected chi connectivity index (χ2v) is 10.2. The molecule has 3 fully saturated rings. The van der Waals surface area contributed by atoms with E-state index in [9.17, 15) is 24.7 Å². The number of nitrogens with zero attached hydrogens (tertiary/aromatic N) is 1. The molecule has 34 heavy (non-hydrogen) atoms. The lowest BCUT2D eigenvalue weighted by molar-refractivity contribution is -0.275. The number of hydroxylamine groups is 2. The number of ketones is 1. The van der Waals surface area contributed by atoms with Gasteiger partial charge in [-0.15, -0.1) is 10.3 Å². The van der Waals surface area contributed by atoms with Gasteiger partial charge < -0.3 is 21.5 Å². The lowest BCUT2D eigenvalue weighted by Gasteiger charge is -2.45. The molecular formula is C25H35N4O5.